The summed E-state index contributed by atoms with van der Waals surface area (Å²) < 4.78 is 13.2. The molecule has 0 spiro atoms. The second-order valence-corrected chi connectivity index (χ2v) is 6.18. The summed E-state index contributed by atoms with van der Waals surface area (Å²) >= 11 is 5.73. The number of aryl methyl sites for hydroxylation is 1. The molecule has 0 aromatic heterocycles. The predicted molar refractivity (Wildman–Crippen MR) is 91.7 cm³/mol. The third kappa shape index (κ3) is 3.26. The van der Waals surface area contributed by atoms with Gasteiger partial charge < -0.3 is 5.32 Å². The quantitative estimate of drug-likeness (QED) is 0.915. The van der Waals surface area contributed by atoms with Crippen LogP contribution < -0.4 is 10.2 Å². The van der Waals surface area contributed by atoms with Gasteiger partial charge in [0, 0.05) is 17.8 Å². The molecule has 124 valence electrons. The molecule has 1 saturated heterocycles. The Morgan fingerprint density at radius 3 is 2.62 bits per heavy atom. The van der Waals surface area contributed by atoms with Gasteiger partial charge in [-0.1, -0.05) is 29.3 Å². The number of benzene rings is 2. The van der Waals surface area contributed by atoms with Crippen LogP contribution in [0.2, 0.25) is 5.02 Å². The van der Waals surface area contributed by atoms with Crippen LogP contribution in [0.25, 0.3) is 0 Å². The Labute approximate surface area is 144 Å². The lowest BCUT2D eigenvalue weighted by molar-refractivity contribution is -0.120. The summed E-state index contributed by atoms with van der Waals surface area (Å²) in [6, 6.07) is 10.8. The van der Waals surface area contributed by atoms with E-state index in [-0.39, 0.29) is 16.8 Å². The maximum atomic E-state index is 13.2. The highest BCUT2D eigenvalue weighted by atomic mass is 35.5. The summed E-state index contributed by atoms with van der Waals surface area (Å²) in [6.45, 7) is 1.96. The fourth-order valence-corrected chi connectivity index (χ4v) is 2.94. The van der Waals surface area contributed by atoms with E-state index in [0.717, 1.165) is 5.56 Å². The lowest BCUT2D eigenvalue weighted by Crippen LogP contribution is -2.41. The minimum Gasteiger partial charge on any atom is -0.324 e. The highest BCUT2D eigenvalue weighted by Gasteiger charge is 2.37. The standard InChI is InChI=1S/C18H16ClFN2O2/c1-11-2-5-13(6-3-11)22-16(8-9-17(22)23)18(24)21-12-4-7-15(20)14(19)10-12/h2-7,10,16H,8-9H2,1H3,(H,21,24). The van der Waals surface area contributed by atoms with Crippen molar-refractivity contribution in [3.05, 3.63) is 58.9 Å². The fraction of sp³-hybridized carbons (Fsp3) is 0.222. The van der Waals surface area contributed by atoms with E-state index in [1.807, 2.05) is 31.2 Å². The van der Waals surface area contributed by atoms with Gasteiger partial charge in [0.05, 0.1) is 5.02 Å². The molecule has 1 unspecified atom stereocenters. The number of nitrogens with one attached hydrogen (secondary N) is 1. The normalized spacial score (nSPS) is 17.2. The summed E-state index contributed by atoms with van der Waals surface area (Å²) in [6.07, 6.45) is 0.754. The van der Waals surface area contributed by atoms with Crippen LogP contribution in [-0.4, -0.2) is 17.9 Å². The van der Waals surface area contributed by atoms with Gasteiger partial charge in [0.1, 0.15) is 11.9 Å². The van der Waals surface area contributed by atoms with Crippen molar-refractivity contribution in [2.24, 2.45) is 0 Å². The first kappa shape index (κ1) is 16.5. The highest BCUT2D eigenvalue weighted by molar-refractivity contribution is 6.31. The Balaban J connectivity index is 1.81. The Hall–Kier alpha value is -2.40. The average molecular weight is 347 g/mol. The molecule has 0 saturated carbocycles. The number of halogens is 2. The number of hydrogen-bond donors (Lipinski definition) is 1. The van der Waals surface area contributed by atoms with Gasteiger partial charge in [-0.3, -0.25) is 14.5 Å². The van der Waals surface area contributed by atoms with Crippen molar-refractivity contribution in [3.63, 3.8) is 0 Å². The molecular weight excluding hydrogens is 331 g/mol. The van der Waals surface area contributed by atoms with Gasteiger partial charge in [-0.25, -0.2) is 4.39 Å². The minimum absolute atomic E-state index is 0.0642. The molecule has 24 heavy (non-hydrogen) atoms. The van der Waals surface area contributed by atoms with E-state index >= 15 is 0 Å². The molecule has 3 rings (SSSR count). The molecule has 1 aliphatic rings. The molecule has 0 bridgehead atoms. The van der Waals surface area contributed by atoms with Crippen molar-refractivity contribution >= 4 is 34.8 Å². The van der Waals surface area contributed by atoms with Crippen LogP contribution in [0.4, 0.5) is 15.8 Å². The third-order valence-corrected chi connectivity index (χ3v) is 4.30. The van der Waals surface area contributed by atoms with Crippen LogP contribution in [-0.2, 0) is 9.59 Å². The van der Waals surface area contributed by atoms with Crippen molar-refractivity contribution in [1.29, 1.82) is 0 Å². The highest BCUT2D eigenvalue weighted by Crippen LogP contribution is 2.28. The van der Waals surface area contributed by atoms with E-state index in [2.05, 4.69) is 5.32 Å². The second-order valence-electron chi connectivity index (χ2n) is 5.77. The molecule has 1 atom stereocenters. The van der Waals surface area contributed by atoms with Crippen molar-refractivity contribution in [2.45, 2.75) is 25.8 Å². The van der Waals surface area contributed by atoms with Crippen molar-refractivity contribution in [1.82, 2.24) is 0 Å². The number of carbonyl (C=O) groups excluding carboxylic acids is 2. The van der Waals surface area contributed by atoms with Crippen LogP contribution >= 0.6 is 11.6 Å². The maximum absolute atomic E-state index is 13.2. The van der Waals surface area contributed by atoms with Gasteiger partial charge in [0.25, 0.3) is 0 Å². The molecular formula is C18H16ClFN2O2. The summed E-state index contributed by atoms with van der Waals surface area (Å²) in [5.41, 5.74) is 2.17. The topological polar surface area (TPSA) is 49.4 Å². The summed E-state index contributed by atoms with van der Waals surface area (Å²) in [7, 11) is 0. The summed E-state index contributed by atoms with van der Waals surface area (Å²) in [5, 5.41) is 2.64. The number of amides is 2. The van der Waals surface area contributed by atoms with Crippen LogP contribution in [0.15, 0.2) is 42.5 Å². The van der Waals surface area contributed by atoms with E-state index in [1.54, 1.807) is 0 Å². The van der Waals surface area contributed by atoms with E-state index < -0.39 is 11.9 Å². The van der Waals surface area contributed by atoms with Crippen molar-refractivity contribution in [3.8, 4) is 0 Å². The molecule has 4 nitrogen and oxygen atoms in total. The summed E-state index contributed by atoms with van der Waals surface area (Å²) in [4.78, 5) is 26.3. The monoisotopic (exact) mass is 346 g/mol. The van der Waals surface area contributed by atoms with Crippen LogP contribution in [0.3, 0.4) is 0 Å². The number of anilines is 2. The van der Waals surface area contributed by atoms with E-state index in [1.165, 1.54) is 23.1 Å². The molecule has 0 aliphatic carbocycles. The molecule has 2 aromatic carbocycles. The number of nitrogens with zero attached hydrogens (tertiary/aromatic N) is 1. The average Bonchev–Trinajstić information content (AvgIpc) is 2.93. The molecule has 1 heterocycles. The molecule has 0 radical (unpaired) electrons. The maximum Gasteiger partial charge on any atom is 0.247 e. The van der Waals surface area contributed by atoms with Gasteiger partial charge in [-0.15, -0.1) is 0 Å². The molecule has 1 aliphatic heterocycles. The van der Waals surface area contributed by atoms with Crippen LogP contribution in [0, 0.1) is 12.7 Å². The Morgan fingerprint density at radius 1 is 1.25 bits per heavy atom. The van der Waals surface area contributed by atoms with E-state index in [9.17, 15) is 14.0 Å². The van der Waals surface area contributed by atoms with Gasteiger partial charge in [-0.05, 0) is 43.7 Å². The molecule has 6 heteroatoms. The lowest BCUT2D eigenvalue weighted by atomic mass is 10.1. The van der Waals surface area contributed by atoms with Crippen LogP contribution in [0.1, 0.15) is 18.4 Å². The number of hydrogen-bond acceptors (Lipinski definition) is 2. The van der Waals surface area contributed by atoms with Gasteiger partial charge >= 0.3 is 0 Å². The Bertz CT molecular complexity index is 792. The van der Waals surface area contributed by atoms with Gasteiger partial charge in [-0.2, -0.15) is 0 Å². The number of carbonyl (C=O) groups is 2. The first-order valence-corrected chi connectivity index (χ1v) is 7.98. The minimum atomic E-state index is -0.593. The first-order chi connectivity index (χ1) is 11.5. The van der Waals surface area contributed by atoms with Crippen LogP contribution in [0.5, 0.6) is 0 Å². The smallest absolute Gasteiger partial charge is 0.247 e. The van der Waals surface area contributed by atoms with Crippen molar-refractivity contribution in [2.75, 3.05) is 10.2 Å². The summed E-state index contributed by atoms with van der Waals surface area (Å²) in [5.74, 6) is -0.952. The third-order valence-electron chi connectivity index (χ3n) is 4.01. The van der Waals surface area contributed by atoms with Gasteiger partial charge in [0.15, 0.2) is 0 Å². The zero-order chi connectivity index (χ0) is 17.3. The van der Waals surface area contributed by atoms with Crippen molar-refractivity contribution < 1.29 is 14.0 Å². The fourth-order valence-electron chi connectivity index (χ4n) is 2.76. The zero-order valence-corrected chi connectivity index (χ0v) is 13.8. The molecule has 2 aromatic rings. The lowest BCUT2D eigenvalue weighted by Gasteiger charge is -2.24. The van der Waals surface area contributed by atoms with E-state index in [4.69, 9.17) is 11.6 Å². The largest absolute Gasteiger partial charge is 0.324 e. The predicted octanol–water partition coefficient (Wildman–Crippen LogP) is 3.92. The second kappa shape index (κ2) is 6.61. The first-order valence-electron chi connectivity index (χ1n) is 7.60. The molecule has 1 fully saturated rings. The van der Waals surface area contributed by atoms with E-state index in [0.29, 0.717) is 24.2 Å². The van der Waals surface area contributed by atoms with Gasteiger partial charge in [0.2, 0.25) is 11.8 Å². The molecule has 1 N–H and O–H groups in total. The SMILES string of the molecule is Cc1ccc(N2C(=O)CCC2C(=O)Nc2ccc(F)c(Cl)c2)cc1. The Kier molecular flexibility index (Phi) is 4.53. The zero-order valence-electron chi connectivity index (χ0n) is 13.1. The Morgan fingerprint density at radius 2 is 1.96 bits per heavy atom. The molecule has 2 amide bonds. The number of rotatable bonds is 3.